The Morgan fingerprint density at radius 2 is 1.52 bits per heavy atom. The van der Waals surface area contributed by atoms with Crippen LogP contribution in [0, 0.1) is 13.8 Å². The van der Waals surface area contributed by atoms with Gasteiger partial charge in [-0.15, -0.1) is 0 Å². The van der Waals surface area contributed by atoms with Crippen LogP contribution in [0.25, 0.3) is 0 Å². The number of anilines is 1. The third-order valence-electron chi connectivity index (χ3n) is 3.32. The summed E-state index contributed by atoms with van der Waals surface area (Å²) >= 11 is 0.104. The topological polar surface area (TPSA) is 32.7 Å². The summed E-state index contributed by atoms with van der Waals surface area (Å²) in [5.74, 6) is 0.143. The van der Waals surface area contributed by atoms with Crippen molar-refractivity contribution in [3.8, 4) is 0 Å². The van der Waals surface area contributed by atoms with E-state index in [1.165, 1.54) is 11.1 Å². The van der Waals surface area contributed by atoms with E-state index in [0.717, 1.165) is 16.1 Å². The van der Waals surface area contributed by atoms with Crippen molar-refractivity contribution < 1.29 is 4.79 Å². The molecule has 0 spiro atoms. The van der Waals surface area contributed by atoms with Crippen LogP contribution in [-0.4, -0.2) is 25.6 Å². The summed E-state index contributed by atoms with van der Waals surface area (Å²) in [6, 6.07) is 16.1. The van der Waals surface area contributed by atoms with Gasteiger partial charge in [0.05, 0.1) is 0 Å². The molecule has 2 aromatic rings. The first-order valence-electron chi connectivity index (χ1n) is 6.81. The van der Waals surface area contributed by atoms with Crippen LogP contribution in [0.3, 0.4) is 0 Å². The number of amidine groups is 1. The zero-order chi connectivity index (χ0) is 14.8. The molecule has 21 heavy (non-hydrogen) atoms. The van der Waals surface area contributed by atoms with Gasteiger partial charge in [0, 0.05) is 0 Å². The van der Waals surface area contributed by atoms with Gasteiger partial charge in [0.2, 0.25) is 0 Å². The van der Waals surface area contributed by atoms with Gasteiger partial charge in [0.15, 0.2) is 0 Å². The summed E-state index contributed by atoms with van der Waals surface area (Å²) in [6.07, 6.45) is 0. The first kappa shape index (κ1) is 14.1. The van der Waals surface area contributed by atoms with Gasteiger partial charge in [-0.1, -0.05) is 0 Å². The Balaban J connectivity index is 1.95. The number of hydrogen-bond acceptors (Lipinski definition) is 2. The Morgan fingerprint density at radius 3 is 2.14 bits per heavy atom. The molecule has 0 atom stereocenters. The van der Waals surface area contributed by atoms with Gasteiger partial charge in [-0.2, -0.15) is 0 Å². The molecule has 0 radical (unpaired) electrons. The fourth-order valence-electron chi connectivity index (χ4n) is 2.12. The minimum absolute atomic E-state index is 0.104. The molecule has 0 unspecified atom stereocenters. The number of aliphatic imine (C=N–C) groups is 1. The van der Waals surface area contributed by atoms with Crippen molar-refractivity contribution in [3.63, 3.8) is 0 Å². The van der Waals surface area contributed by atoms with Crippen LogP contribution < -0.4 is 4.90 Å². The van der Waals surface area contributed by atoms with Crippen molar-refractivity contribution in [1.29, 1.82) is 0 Å². The van der Waals surface area contributed by atoms with Crippen LogP contribution in [-0.2, 0) is 4.79 Å². The molecule has 0 bridgehead atoms. The predicted molar refractivity (Wildman–Crippen MR) is 87.5 cm³/mol. The maximum atomic E-state index is 12.2. The van der Waals surface area contributed by atoms with Gasteiger partial charge in [-0.3, -0.25) is 0 Å². The first-order chi connectivity index (χ1) is 10.1. The van der Waals surface area contributed by atoms with Crippen LogP contribution in [0.15, 0.2) is 53.5 Å². The van der Waals surface area contributed by atoms with Crippen molar-refractivity contribution in [2.75, 3.05) is 4.90 Å². The second kappa shape index (κ2) is 5.84. The fraction of sp³-hybridized carbons (Fsp3) is 0.176. The van der Waals surface area contributed by atoms with Gasteiger partial charge >= 0.3 is 130 Å². The Bertz CT molecular complexity index is 690. The van der Waals surface area contributed by atoms with Crippen molar-refractivity contribution >= 4 is 37.0 Å². The third kappa shape index (κ3) is 3.07. The van der Waals surface area contributed by atoms with Crippen LogP contribution in [0.4, 0.5) is 11.4 Å². The molecule has 0 saturated carbocycles. The van der Waals surface area contributed by atoms with Crippen LogP contribution in [0.2, 0.25) is 5.32 Å². The molecule has 1 aliphatic heterocycles. The Labute approximate surface area is 130 Å². The van der Waals surface area contributed by atoms with Gasteiger partial charge in [-0.25, -0.2) is 0 Å². The quantitative estimate of drug-likeness (QED) is 0.769. The molecule has 2 aromatic carbocycles. The molecule has 4 heteroatoms. The molecule has 0 N–H and O–H groups in total. The third-order valence-corrected chi connectivity index (χ3v) is 5.25. The summed E-state index contributed by atoms with van der Waals surface area (Å²) in [7, 11) is 0. The number of aryl methyl sites for hydroxylation is 2. The zero-order valence-corrected chi connectivity index (χ0v) is 13.7. The molecule has 0 aliphatic carbocycles. The Hall–Kier alpha value is -1.90. The van der Waals surface area contributed by atoms with Crippen LogP contribution >= 0.6 is 0 Å². The fourth-order valence-corrected chi connectivity index (χ4v) is 3.99. The molecule has 0 aromatic heterocycles. The van der Waals surface area contributed by atoms with Crippen LogP contribution in [0.5, 0.6) is 0 Å². The summed E-state index contributed by atoms with van der Waals surface area (Å²) in [4.78, 5) is 18.6. The molecule has 1 heterocycles. The predicted octanol–water partition coefficient (Wildman–Crippen LogP) is 3.46. The van der Waals surface area contributed by atoms with Crippen molar-refractivity contribution in [2.24, 2.45) is 4.99 Å². The molecule has 1 aliphatic rings. The first-order valence-corrected chi connectivity index (χ1v) is 8.88. The second-order valence-electron chi connectivity index (χ2n) is 5.08. The van der Waals surface area contributed by atoms with E-state index in [0.29, 0.717) is 5.32 Å². The molecule has 1 fully saturated rings. The van der Waals surface area contributed by atoms with E-state index in [9.17, 15) is 4.79 Å². The summed E-state index contributed by atoms with van der Waals surface area (Å²) in [6.45, 7) is 4.10. The van der Waals surface area contributed by atoms with E-state index < -0.39 is 0 Å². The van der Waals surface area contributed by atoms with E-state index >= 15 is 0 Å². The van der Waals surface area contributed by atoms with Crippen LogP contribution in [0.1, 0.15) is 11.1 Å². The van der Waals surface area contributed by atoms with E-state index in [1.54, 1.807) is 4.90 Å². The maximum absolute atomic E-state index is 12.2. The SMILES string of the molecule is Cc1ccc(/N=C2/[Se]CC(=O)N2c2ccc(C)cc2)cc1. The number of nitrogens with zero attached hydrogens (tertiary/aromatic N) is 2. The number of rotatable bonds is 2. The van der Waals surface area contributed by atoms with E-state index in [-0.39, 0.29) is 20.9 Å². The zero-order valence-electron chi connectivity index (χ0n) is 12.0. The van der Waals surface area contributed by atoms with Gasteiger partial charge < -0.3 is 0 Å². The number of carbonyl (C=O) groups excluding carboxylic acids is 1. The summed E-state index contributed by atoms with van der Waals surface area (Å²) in [5, 5.41) is 0.589. The average Bonchev–Trinajstić information content (AvgIpc) is 2.83. The van der Waals surface area contributed by atoms with Gasteiger partial charge in [-0.05, 0) is 0 Å². The number of hydrogen-bond donors (Lipinski definition) is 0. The molecule has 106 valence electrons. The normalized spacial score (nSPS) is 16.8. The standard InChI is InChI=1S/C17H16N2OSe/c1-12-3-7-14(8-4-12)18-17-19(16(20)11-21-17)15-9-5-13(2)6-10-15/h3-10H,11H2,1-2H3/b18-17+. The van der Waals surface area contributed by atoms with E-state index in [2.05, 4.69) is 11.9 Å². The Morgan fingerprint density at radius 1 is 0.952 bits per heavy atom. The summed E-state index contributed by atoms with van der Waals surface area (Å²) < 4.78 is 0.889. The molecule has 1 amide bonds. The second-order valence-corrected chi connectivity index (χ2v) is 7.06. The minimum atomic E-state index is 0.104. The van der Waals surface area contributed by atoms with Gasteiger partial charge in [0.1, 0.15) is 0 Å². The summed E-state index contributed by atoms with van der Waals surface area (Å²) in [5.41, 5.74) is 4.22. The molecule has 1 saturated heterocycles. The van der Waals surface area contributed by atoms with Crippen molar-refractivity contribution in [3.05, 3.63) is 59.7 Å². The Kier molecular flexibility index (Phi) is 3.91. The number of amides is 1. The molecular weight excluding hydrogens is 327 g/mol. The van der Waals surface area contributed by atoms with E-state index in [4.69, 9.17) is 0 Å². The monoisotopic (exact) mass is 344 g/mol. The van der Waals surface area contributed by atoms with Crippen molar-refractivity contribution in [1.82, 2.24) is 0 Å². The number of benzene rings is 2. The van der Waals surface area contributed by atoms with Gasteiger partial charge in [0.25, 0.3) is 0 Å². The molecular formula is C17H16N2OSe. The molecule has 3 rings (SSSR count). The van der Waals surface area contributed by atoms with E-state index in [1.807, 2.05) is 55.5 Å². The molecule has 3 nitrogen and oxygen atoms in total. The van der Waals surface area contributed by atoms with Crippen molar-refractivity contribution in [2.45, 2.75) is 19.2 Å². The average molecular weight is 343 g/mol. The number of carbonyl (C=O) groups is 1.